The highest BCUT2D eigenvalue weighted by Gasteiger charge is 2.48. The number of piperidine rings is 1. The lowest BCUT2D eigenvalue weighted by Crippen LogP contribution is -2.66. The maximum atomic E-state index is 13.0. The smallest absolute Gasteiger partial charge is 0.313 e. The summed E-state index contributed by atoms with van der Waals surface area (Å²) in [5.41, 5.74) is 7.97. The summed E-state index contributed by atoms with van der Waals surface area (Å²) in [6.07, 6.45) is 2.15. The Morgan fingerprint density at radius 2 is 1.76 bits per heavy atom. The van der Waals surface area contributed by atoms with Gasteiger partial charge in [0.1, 0.15) is 0 Å². The summed E-state index contributed by atoms with van der Waals surface area (Å²) in [6.45, 7) is 11.9. The van der Waals surface area contributed by atoms with Gasteiger partial charge >= 0.3 is 11.8 Å². The van der Waals surface area contributed by atoms with Crippen LogP contribution in [0, 0.1) is 6.92 Å². The van der Waals surface area contributed by atoms with E-state index in [-0.39, 0.29) is 6.04 Å². The van der Waals surface area contributed by atoms with Crippen molar-refractivity contribution in [2.24, 2.45) is 5.73 Å². The summed E-state index contributed by atoms with van der Waals surface area (Å²) in [4.78, 5) is 27.5. The average molecular weight is 345 g/mol. The number of hydrogen-bond donors (Lipinski definition) is 2. The maximum absolute atomic E-state index is 13.0. The number of likely N-dealkylation sites (tertiary alicyclic amines) is 1. The molecule has 5 nitrogen and oxygen atoms in total. The minimum absolute atomic E-state index is 0.0279. The molecule has 1 aromatic carbocycles. The van der Waals surface area contributed by atoms with Gasteiger partial charge in [0, 0.05) is 22.8 Å². The Kier molecular flexibility index (Phi) is 5.28. The van der Waals surface area contributed by atoms with E-state index in [1.165, 1.54) is 0 Å². The lowest BCUT2D eigenvalue weighted by atomic mass is 9.77. The molecule has 1 aromatic rings. The fourth-order valence-corrected chi connectivity index (χ4v) is 4.38. The van der Waals surface area contributed by atoms with E-state index in [2.05, 4.69) is 5.32 Å². The van der Waals surface area contributed by atoms with Gasteiger partial charge in [-0.25, -0.2) is 0 Å². The van der Waals surface area contributed by atoms with Gasteiger partial charge in [-0.1, -0.05) is 25.1 Å². The van der Waals surface area contributed by atoms with Crippen LogP contribution in [0.2, 0.25) is 0 Å². The van der Waals surface area contributed by atoms with Crippen LogP contribution in [-0.2, 0) is 16.0 Å². The molecule has 1 saturated heterocycles. The quantitative estimate of drug-likeness (QED) is 0.809. The van der Waals surface area contributed by atoms with Crippen molar-refractivity contribution in [3.05, 3.63) is 29.3 Å². The van der Waals surface area contributed by atoms with Crippen molar-refractivity contribution < 1.29 is 9.59 Å². The van der Waals surface area contributed by atoms with E-state index in [0.29, 0.717) is 12.8 Å². The second-order valence-electron chi connectivity index (χ2n) is 8.35. The Balaban J connectivity index is 2.29. The number of hydrogen-bond acceptors (Lipinski definition) is 3. The summed E-state index contributed by atoms with van der Waals surface area (Å²) in [7, 11) is 0. The van der Waals surface area contributed by atoms with Gasteiger partial charge < -0.3 is 16.0 Å². The van der Waals surface area contributed by atoms with Crippen molar-refractivity contribution in [1.29, 1.82) is 0 Å². The highest BCUT2D eigenvalue weighted by molar-refractivity contribution is 6.40. The van der Waals surface area contributed by atoms with Crippen LogP contribution in [0.4, 0.5) is 5.69 Å². The van der Waals surface area contributed by atoms with Gasteiger partial charge in [-0.05, 0) is 65.0 Å². The Morgan fingerprint density at radius 3 is 2.28 bits per heavy atom. The van der Waals surface area contributed by atoms with E-state index in [1.807, 2.05) is 59.7 Å². The molecule has 0 spiro atoms. The average Bonchev–Trinajstić information content (AvgIpc) is 2.45. The summed E-state index contributed by atoms with van der Waals surface area (Å²) < 4.78 is 0. The normalized spacial score (nSPS) is 19.6. The zero-order chi connectivity index (χ0) is 19.0. The summed E-state index contributed by atoms with van der Waals surface area (Å²) in [5, 5.41) is 2.85. The van der Waals surface area contributed by atoms with Crippen LogP contribution in [-0.4, -0.2) is 33.8 Å². The van der Waals surface area contributed by atoms with Crippen LogP contribution in [0.3, 0.4) is 0 Å². The van der Waals surface area contributed by atoms with Crippen molar-refractivity contribution >= 4 is 17.5 Å². The van der Waals surface area contributed by atoms with Crippen LogP contribution in [0.25, 0.3) is 0 Å². The van der Waals surface area contributed by atoms with Gasteiger partial charge in [0.05, 0.1) is 0 Å². The molecule has 25 heavy (non-hydrogen) atoms. The molecule has 0 atom stereocenters. The predicted molar refractivity (Wildman–Crippen MR) is 101 cm³/mol. The lowest BCUT2D eigenvalue weighted by molar-refractivity contribution is -0.156. The maximum Gasteiger partial charge on any atom is 0.313 e. The third-order valence-electron chi connectivity index (χ3n) is 5.11. The summed E-state index contributed by atoms with van der Waals surface area (Å²) >= 11 is 0. The molecule has 138 valence electrons. The second-order valence-corrected chi connectivity index (χ2v) is 8.35. The largest absolute Gasteiger partial charge is 0.328 e. The van der Waals surface area contributed by atoms with E-state index in [4.69, 9.17) is 5.73 Å². The summed E-state index contributed by atoms with van der Waals surface area (Å²) in [6, 6.07) is 5.90. The number of carbonyl (C=O) groups is 2. The standard InChI is InChI=1S/C20H31N3O2/c1-7-14-10-8-9-13(2)16(14)22-17(24)18(25)23-19(3,4)11-15(21)12-20(23,5)6/h8-10,15H,7,11-12,21H2,1-6H3,(H,22,24). The third kappa shape index (κ3) is 3.87. The van der Waals surface area contributed by atoms with Gasteiger partial charge in [0.15, 0.2) is 0 Å². The minimum Gasteiger partial charge on any atom is -0.328 e. The van der Waals surface area contributed by atoms with Crippen molar-refractivity contribution in [3.63, 3.8) is 0 Å². The highest BCUT2D eigenvalue weighted by atomic mass is 16.2. The number of para-hydroxylation sites is 1. The van der Waals surface area contributed by atoms with Gasteiger partial charge in [-0.2, -0.15) is 0 Å². The Morgan fingerprint density at radius 1 is 1.20 bits per heavy atom. The van der Waals surface area contributed by atoms with Crippen LogP contribution in [0.1, 0.15) is 58.6 Å². The lowest BCUT2D eigenvalue weighted by Gasteiger charge is -2.54. The molecule has 0 aromatic heterocycles. The van der Waals surface area contributed by atoms with Crippen molar-refractivity contribution in [1.82, 2.24) is 4.90 Å². The van der Waals surface area contributed by atoms with Gasteiger partial charge in [-0.15, -0.1) is 0 Å². The van der Waals surface area contributed by atoms with E-state index in [9.17, 15) is 9.59 Å². The minimum atomic E-state index is -0.583. The topological polar surface area (TPSA) is 75.4 Å². The zero-order valence-corrected chi connectivity index (χ0v) is 16.3. The van der Waals surface area contributed by atoms with Crippen LogP contribution < -0.4 is 11.1 Å². The molecule has 1 heterocycles. The number of anilines is 1. The monoisotopic (exact) mass is 345 g/mol. The van der Waals surface area contributed by atoms with Crippen LogP contribution >= 0.6 is 0 Å². The van der Waals surface area contributed by atoms with E-state index in [1.54, 1.807) is 4.90 Å². The molecule has 0 bridgehead atoms. The molecule has 1 aliphatic rings. The molecule has 2 rings (SSSR count). The first-order valence-corrected chi connectivity index (χ1v) is 8.99. The fraction of sp³-hybridized carbons (Fsp3) is 0.600. The first kappa shape index (κ1) is 19.4. The predicted octanol–water partition coefficient (Wildman–Crippen LogP) is 3.00. The van der Waals surface area contributed by atoms with Gasteiger partial charge in [-0.3, -0.25) is 9.59 Å². The van der Waals surface area contributed by atoms with Crippen molar-refractivity contribution in [3.8, 4) is 0 Å². The SMILES string of the molecule is CCc1cccc(C)c1NC(=O)C(=O)N1C(C)(C)CC(N)CC1(C)C. The molecule has 0 radical (unpaired) electrons. The second kappa shape index (κ2) is 6.79. The molecule has 0 aliphatic carbocycles. The molecule has 2 amide bonds. The molecular formula is C20H31N3O2. The van der Waals surface area contributed by atoms with Crippen molar-refractivity contribution in [2.45, 2.75) is 77.9 Å². The van der Waals surface area contributed by atoms with Crippen molar-refractivity contribution in [2.75, 3.05) is 5.32 Å². The first-order valence-electron chi connectivity index (χ1n) is 8.99. The molecule has 1 aliphatic heterocycles. The Hall–Kier alpha value is -1.88. The molecular weight excluding hydrogens is 314 g/mol. The number of benzene rings is 1. The number of aryl methyl sites for hydroxylation is 2. The van der Waals surface area contributed by atoms with Gasteiger partial charge in [0.25, 0.3) is 0 Å². The van der Waals surface area contributed by atoms with Gasteiger partial charge in [0.2, 0.25) is 0 Å². The number of nitrogens with two attached hydrogens (primary N) is 1. The molecule has 1 fully saturated rings. The third-order valence-corrected chi connectivity index (χ3v) is 5.11. The molecule has 0 unspecified atom stereocenters. The molecule has 3 N–H and O–H groups in total. The van der Waals surface area contributed by atoms with Crippen LogP contribution in [0.5, 0.6) is 0 Å². The zero-order valence-electron chi connectivity index (χ0n) is 16.3. The van der Waals surface area contributed by atoms with E-state index in [0.717, 1.165) is 23.2 Å². The number of nitrogens with one attached hydrogen (secondary N) is 1. The van der Waals surface area contributed by atoms with Crippen LogP contribution in [0.15, 0.2) is 18.2 Å². The number of rotatable bonds is 2. The Labute approximate surface area is 151 Å². The number of carbonyl (C=O) groups excluding carboxylic acids is 2. The highest BCUT2D eigenvalue weighted by Crippen LogP contribution is 2.38. The fourth-order valence-electron chi connectivity index (χ4n) is 4.38. The summed E-state index contributed by atoms with van der Waals surface area (Å²) in [5.74, 6) is -1.08. The Bertz CT molecular complexity index is 662. The van der Waals surface area contributed by atoms with E-state index >= 15 is 0 Å². The number of nitrogens with zero attached hydrogens (tertiary/aromatic N) is 1. The number of amides is 2. The first-order chi connectivity index (χ1) is 11.5. The molecule has 0 saturated carbocycles. The molecule has 5 heteroatoms. The van der Waals surface area contributed by atoms with E-state index < -0.39 is 22.9 Å².